The van der Waals surface area contributed by atoms with Crippen molar-refractivity contribution < 1.29 is 22.5 Å². The van der Waals surface area contributed by atoms with E-state index in [1.165, 1.54) is 24.4 Å². The number of carbonyl (C=O) groups excluding carboxylic acids is 1. The molecular weight excluding hydrogens is 590 g/mol. The van der Waals surface area contributed by atoms with Gasteiger partial charge in [0.1, 0.15) is 5.82 Å². The molecule has 0 bridgehead atoms. The Morgan fingerprint density at radius 3 is 2.46 bits per heavy atom. The fraction of sp³-hybridized carbons (Fsp3) is 0.231. The van der Waals surface area contributed by atoms with Crippen LogP contribution >= 0.6 is 34.8 Å². The zero-order chi connectivity index (χ0) is 27.9. The molecule has 1 saturated carbocycles. The summed E-state index contributed by atoms with van der Waals surface area (Å²) in [7, 11) is 0. The summed E-state index contributed by atoms with van der Waals surface area (Å²) in [6.07, 6.45) is 2.77. The van der Waals surface area contributed by atoms with Crippen LogP contribution in [-0.2, 0) is 27.7 Å². The lowest BCUT2D eigenvalue weighted by molar-refractivity contribution is -0.115. The standard InChI is InChI=1S/C26H20Cl3FN4O4S/c1-13(39(36)37)15-2-4-16(31-12-15)11-22(35)32-17-9-19(28)23(20(29)10-17)26(6-7-26)25-33-24(38-34-25)14-3-5-21(30)18(27)8-14/h2-5,8-10,12-13H,6-7,11H2,1H3,(H,32,35)(H,36,37)/p-1. The second kappa shape index (κ2) is 10.9. The third kappa shape index (κ3) is 5.71. The summed E-state index contributed by atoms with van der Waals surface area (Å²) >= 11 is 16.9. The second-order valence-electron chi connectivity index (χ2n) is 9.16. The molecule has 1 aliphatic carbocycles. The minimum Gasteiger partial charge on any atom is -0.772 e. The number of aromatic nitrogens is 3. The molecular formula is C26H19Cl3FN4O4S-. The van der Waals surface area contributed by atoms with E-state index in [0.29, 0.717) is 56.8 Å². The number of pyridine rings is 1. The summed E-state index contributed by atoms with van der Waals surface area (Å²) < 4.78 is 41.2. The molecule has 39 heavy (non-hydrogen) atoms. The average molecular weight is 609 g/mol. The molecule has 2 heterocycles. The van der Waals surface area contributed by atoms with E-state index < -0.39 is 27.6 Å². The Labute approximate surface area is 240 Å². The topological polar surface area (TPSA) is 121 Å². The summed E-state index contributed by atoms with van der Waals surface area (Å²) in [6, 6.07) is 10.6. The van der Waals surface area contributed by atoms with Crippen molar-refractivity contribution in [3.63, 3.8) is 0 Å². The number of anilines is 1. The van der Waals surface area contributed by atoms with Gasteiger partial charge in [-0.1, -0.05) is 46.0 Å². The van der Waals surface area contributed by atoms with Crippen LogP contribution in [-0.4, -0.2) is 29.8 Å². The minimum atomic E-state index is -2.26. The lowest BCUT2D eigenvalue weighted by Crippen LogP contribution is -2.17. The molecule has 0 radical (unpaired) electrons. The smallest absolute Gasteiger partial charge is 0.258 e. The lowest BCUT2D eigenvalue weighted by Gasteiger charge is -2.17. The number of benzene rings is 2. The van der Waals surface area contributed by atoms with Gasteiger partial charge in [0.2, 0.25) is 5.91 Å². The molecule has 0 aliphatic heterocycles. The van der Waals surface area contributed by atoms with E-state index in [0.717, 1.165) is 0 Å². The van der Waals surface area contributed by atoms with Gasteiger partial charge in [-0.05, 0) is 72.8 Å². The van der Waals surface area contributed by atoms with Crippen LogP contribution in [0.1, 0.15) is 47.7 Å². The number of amides is 1. The Bertz CT molecular complexity index is 1570. The molecule has 1 aliphatic rings. The van der Waals surface area contributed by atoms with E-state index >= 15 is 0 Å². The SMILES string of the molecule is CC(c1ccc(CC(=O)Nc2cc(Cl)c(C3(c4noc(-c5ccc(F)c(Cl)c5)n4)CC3)c(Cl)c2)nc1)S(=O)[O-]. The molecule has 1 amide bonds. The third-order valence-electron chi connectivity index (χ3n) is 6.52. The summed E-state index contributed by atoms with van der Waals surface area (Å²) in [5.41, 5.74) is 1.85. The molecule has 8 nitrogen and oxygen atoms in total. The summed E-state index contributed by atoms with van der Waals surface area (Å²) in [5.74, 6) is -0.324. The Kier molecular flexibility index (Phi) is 7.76. The van der Waals surface area contributed by atoms with Gasteiger partial charge in [0.15, 0.2) is 5.82 Å². The van der Waals surface area contributed by atoms with Crippen LogP contribution in [0.15, 0.2) is 53.2 Å². The zero-order valence-corrected chi connectivity index (χ0v) is 23.3. The molecule has 0 spiro atoms. The van der Waals surface area contributed by atoms with Crippen molar-refractivity contribution in [2.45, 2.75) is 36.9 Å². The first-order chi connectivity index (χ1) is 18.6. The first kappa shape index (κ1) is 27.7. The van der Waals surface area contributed by atoms with Crippen molar-refractivity contribution in [3.05, 3.63) is 92.2 Å². The van der Waals surface area contributed by atoms with E-state index in [1.807, 2.05) is 0 Å². The highest BCUT2D eigenvalue weighted by atomic mass is 35.5. The summed E-state index contributed by atoms with van der Waals surface area (Å²) in [5, 5.41) is 6.79. The molecule has 13 heteroatoms. The average Bonchev–Trinajstić information content (AvgIpc) is 3.51. The van der Waals surface area contributed by atoms with Gasteiger partial charge in [-0.3, -0.25) is 14.0 Å². The van der Waals surface area contributed by atoms with Gasteiger partial charge >= 0.3 is 0 Å². The van der Waals surface area contributed by atoms with E-state index in [2.05, 4.69) is 20.4 Å². The Hall–Kier alpha value is -2.89. The maximum atomic E-state index is 13.5. The maximum Gasteiger partial charge on any atom is 0.258 e. The van der Waals surface area contributed by atoms with Crippen molar-refractivity contribution in [2.75, 3.05) is 5.32 Å². The predicted molar refractivity (Wildman–Crippen MR) is 145 cm³/mol. The highest BCUT2D eigenvalue weighted by Gasteiger charge is 2.52. The number of hydrogen-bond acceptors (Lipinski definition) is 7. The molecule has 2 atom stereocenters. The van der Waals surface area contributed by atoms with Crippen molar-refractivity contribution in [3.8, 4) is 11.5 Å². The quantitative estimate of drug-likeness (QED) is 0.229. The first-order valence-electron chi connectivity index (χ1n) is 11.7. The lowest BCUT2D eigenvalue weighted by atomic mass is 9.94. The Balaban J connectivity index is 1.31. The van der Waals surface area contributed by atoms with Crippen LogP contribution in [0.25, 0.3) is 11.5 Å². The highest BCUT2D eigenvalue weighted by Crippen LogP contribution is 2.57. The fourth-order valence-corrected chi connectivity index (χ4v) is 5.63. The Morgan fingerprint density at radius 2 is 1.87 bits per heavy atom. The van der Waals surface area contributed by atoms with Gasteiger partial charge in [-0.2, -0.15) is 4.98 Å². The summed E-state index contributed by atoms with van der Waals surface area (Å²) in [6.45, 7) is 1.55. The second-order valence-corrected chi connectivity index (χ2v) is 11.6. The first-order valence-corrected chi connectivity index (χ1v) is 14.0. The molecule has 1 fully saturated rings. The molecule has 1 N–H and O–H groups in total. The summed E-state index contributed by atoms with van der Waals surface area (Å²) in [4.78, 5) is 21.3. The molecule has 2 aromatic heterocycles. The van der Waals surface area contributed by atoms with E-state index in [9.17, 15) is 17.9 Å². The van der Waals surface area contributed by atoms with Gasteiger partial charge in [-0.25, -0.2) is 4.39 Å². The largest absolute Gasteiger partial charge is 0.772 e. The van der Waals surface area contributed by atoms with Crippen LogP contribution in [0, 0.1) is 5.82 Å². The number of hydrogen-bond donors (Lipinski definition) is 1. The van der Waals surface area contributed by atoms with Crippen LogP contribution in [0.3, 0.4) is 0 Å². The van der Waals surface area contributed by atoms with E-state index in [4.69, 9.17) is 39.3 Å². The minimum absolute atomic E-state index is 0.0326. The van der Waals surface area contributed by atoms with Crippen molar-refractivity contribution in [1.82, 2.24) is 15.1 Å². The van der Waals surface area contributed by atoms with Crippen LogP contribution < -0.4 is 5.32 Å². The highest BCUT2D eigenvalue weighted by molar-refractivity contribution is 7.79. The van der Waals surface area contributed by atoms with Gasteiger partial charge in [-0.15, -0.1) is 0 Å². The van der Waals surface area contributed by atoms with Crippen LogP contribution in [0.4, 0.5) is 10.1 Å². The number of halogens is 4. The predicted octanol–water partition coefficient (Wildman–Crippen LogP) is 6.43. The fourth-order valence-electron chi connectivity index (χ4n) is 4.24. The number of rotatable bonds is 8. The van der Waals surface area contributed by atoms with E-state index in [1.54, 1.807) is 31.2 Å². The number of carbonyl (C=O) groups is 1. The van der Waals surface area contributed by atoms with Crippen LogP contribution in [0.2, 0.25) is 15.1 Å². The third-order valence-corrected chi connectivity index (χ3v) is 8.26. The molecule has 2 unspecified atom stereocenters. The van der Waals surface area contributed by atoms with Crippen molar-refractivity contribution in [2.24, 2.45) is 0 Å². The molecule has 4 aromatic rings. The number of nitrogens with one attached hydrogen (secondary N) is 1. The normalized spacial score (nSPS) is 15.5. The van der Waals surface area contributed by atoms with E-state index in [-0.39, 0.29) is 23.2 Å². The van der Waals surface area contributed by atoms with Crippen molar-refractivity contribution >= 4 is 57.5 Å². The van der Waals surface area contributed by atoms with Gasteiger partial charge in [0.25, 0.3) is 5.89 Å². The molecule has 2 aromatic carbocycles. The van der Waals surface area contributed by atoms with Crippen LogP contribution in [0.5, 0.6) is 0 Å². The van der Waals surface area contributed by atoms with Gasteiger partial charge < -0.3 is 14.4 Å². The monoisotopic (exact) mass is 607 g/mol. The van der Waals surface area contributed by atoms with Gasteiger partial charge in [0.05, 0.1) is 16.9 Å². The molecule has 0 saturated heterocycles. The molecule has 202 valence electrons. The maximum absolute atomic E-state index is 13.5. The van der Waals surface area contributed by atoms with Crippen molar-refractivity contribution in [1.29, 1.82) is 0 Å². The number of nitrogens with zero attached hydrogens (tertiary/aromatic N) is 3. The Morgan fingerprint density at radius 1 is 1.15 bits per heavy atom. The molecule has 5 rings (SSSR count). The zero-order valence-electron chi connectivity index (χ0n) is 20.2. The van der Waals surface area contributed by atoms with Gasteiger partial charge in [0, 0.05) is 44.0 Å².